The molecule has 0 spiro atoms. The van der Waals surface area contributed by atoms with Crippen molar-refractivity contribution in [2.45, 2.75) is 18.7 Å². The Labute approximate surface area is 174 Å². The van der Waals surface area contributed by atoms with E-state index in [4.69, 9.17) is 0 Å². The summed E-state index contributed by atoms with van der Waals surface area (Å²) in [7, 11) is 0. The Morgan fingerprint density at radius 2 is 1.79 bits per heavy atom. The molecule has 0 saturated carbocycles. The number of aryl methyl sites for hydroxylation is 1. The number of rotatable bonds is 5. The Morgan fingerprint density at radius 1 is 1.03 bits per heavy atom. The van der Waals surface area contributed by atoms with Crippen molar-refractivity contribution in [2.75, 3.05) is 16.0 Å². The van der Waals surface area contributed by atoms with Gasteiger partial charge >= 0.3 is 0 Å². The summed E-state index contributed by atoms with van der Waals surface area (Å²) in [5.41, 5.74) is 4.47. The number of nitrogens with one attached hydrogen (secondary N) is 1. The van der Waals surface area contributed by atoms with E-state index in [1.54, 1.807) is 23.9 Å². The molecule has 1 heterocycles. The maximum atomic E-state index is 12.6. The quantitative estimate of drug-likeness (QED) is 0.632. The lowest BCUT2D eigenvalue weighted by molar-refractivity contribution is -0.115. The Kier molecular flexibility index (Phi) is 5.67. The molecule has 0 aliphatic carbocycles. The van der Waals surface area contributed by atoms with Crippen LogP contribution in [0, 0.1) is 0 Å². The monoisotopic (exact) mass is 402 g/mol. The molecule has 1 unspecified atom stereocenters. The summed E-state index contributed by atoms with van der Waals surface area (Å²) in [5.74, 6) is 0.397. The predicted molar refractivity (Wildman–Crippen MR) is 119 cm³/mol. The fourth-order valence-corrected chi connectivity index (χ4v) is 4.57. The first-order chi connectivity index (χ1) is 14.2. The number of benzene rings is 3. The lowest BCUT2D eigenvalue weighted by atomic mass is 10.1. The highest BCUT2D eigenvalue weighted by molar-refractivity contribution is 8.00. The summed E-state index contributed by atoms with van der Waals surface area (Å²) in [5, 5.41) is 2.84. The van der Waals surface area contributed by atoms with E-state index in [0.29, 0.717) is 11.3 Å². The summed E-state index contributed by atoms with van der Waals surface area (Å²) < 4.78 is 0. The molecule has 3 aromatic rings. The molecule has 0 bridgehead atoms. The van der Waals surface area contributed by atoms with E-state index >= 15 is 0 Å². The number of anilines is 2. The zero-order valence-corrected chi connectivity index (χ0v) is 17.0. The van der Waals surface area contributed by atoms with Gasteiger partial charge in [-0.25, -0.2) is 0 Å². The van der Waals surface area contributed by atoms with Gasteiger partial charge in [-0.05, 0) is 53.9 Å². The Bertz CT molecular complexity index is 1020. The fourth-order valence-electron chi connectivity index (χ4n) is 3.40. The third-order valence-corrected chi connectivity index (χ3v) is 6.17. The van der Waals surface area contributed by atoms with Crippen molar-refractivity contribution in [1.82, 2.24) is 0 Å². The average Bonchev–Trinajstić information content (AvgIpc) is 3.16. The summed E-state index contributed by atoms with van der Waals surface area (Å²) in [6.07, 6.45) is 0.968. The number of nitrogens with zero attached hydrogens (tertiary/aromatic N) is 1. The molecule has 1 saturated heterocycles. The molecule has 1 aliphatic heterocycles. The highest BCUT2D eigenvalue weighted by atomic mass is 32.2. The summed E-state index contributed by atoms with van der Waals surface area (Å²) >= 11 is 1.60. The highest BCUT2D eigenvalue weighted by Crippen LogP contribution is 2.42. The van der Waals surface area contributed by atoms with Crippen LogP contribution in [-0.2, 0) is 11.2 Å². The minimum Gasteiger partial charge on any atom is -0.322 e. The molecule has 1 fully saturated rings. The van der Waals surface area contributed by atoms with Crippen LogP contribution in [0.1, 0.15) is 33.8 Å². The Balaban J connectivity index is 1.57. The third kappa shape index (κ3) is 4.20. The van der Waals surface area contributed by atoms with Gasteiger partial charge in [0.25, 0.3) is 5.91 Å². The molecule has 5 heteroatoms. The van der Waals surface area contributed by atoms with Crippen LogP contribution >= 0.6 is 11.8 Å². The van der Waals surface area contributed by atoms with Gasteiger partial charge in [0.05, 0.1) is 5.75 Å². The van der Waals surface area contributed by atoms with Crippen LogP contribution in [0.15, 0.2) is 78.9 Å². The molecule has 0 radical (unpaired) electrons. The lowest BCUT2D eigenvalue weighted by Gasteiger charge is -2.25. The number of hydrogen-bond acceptors (Lipinski definition) is 3. The molecule has 146 valence electrons. The van der Waals surface area contributed by atoms with Crippen LogP contribution in [0.4, 0.5) is 11.4 Å². The predicted octanol–water partition coefficient (Wildman–Crippen LogP) is 5.28. The normalized spacial score (nSPS) is 16.1. The molecule has 1 aliphatic rings. The number of amides is 2. The van der Waals surface area contributed by atoms with Gasteiger partial charge in [-0.1, -0.05) is 49.4 Å². The van der Waals surface area contributed by atoms with E-state index in [-0.39, 0.29) is 17.2 Å². The first-order valence-corrected chi connectivity index (χ1v) is 10.7. The number of thioether (sulfide) groups is 1. The minimum absolute atomic E-state index is 0.1000. The topological polar surface area (TPSA) is 49.4 Å². The van der Waals surface area contributed by atoms with Crippen LogP contribution < -0.4 is 10.2 Å². The first-order valence-electron chi connectivity index (χ1n) is 9.64. The van der Waals surface area contributed by atoms with E-state index in [9.17, 15) is 9.59 Å². The van der Waals surface area contributed by atoms with Gasteiger partial charge in [0.15, 0.2) is 0 Å². The molecule has 4 nitrogen and oxygen atoms in total. The van der Waals surface area contributed by atoms with Gasteiger partial charge < -0.3 is 5.32 Å². The second-order valence-electron chi connectivity index (χ2n) is 6.89. The van der Waals surface area contributed by atoms with Gasteiger partial charge in [-0.3, -0.25) is 14.5 Å². The Hall–Kier alpha value is -3.05. The van der Waals surface area contributed by atoms with Crippen molar-refractivity contribution in [3.8, 4) is 0 Å². The fraction of sp³-hybridized carbons (Fsp3) is 0.167. The van der Waals surface area contributed by atoms with Gasteiger partial charge in [0, 0.05) is 16.9 Å². The molecule has 29 heavy (non-hydrogen) atoms. The third-order valence-electron chi connectivity index (χ3n) is 4.96. The van der Waals surface area contributed by atoms with E-state index in [1.807, 2.05) is 59.5 Å². The molecular formula is C24H22N2O2S. The molecular weight excluding hydrogens is 380 g/mol. The number of carbonyl (C=O) groups excluding carboxylic acids is 2. The van der Waals surface area contributed by atoms with Gasteiger partial charge in [-0.2, -0.15) is 0 Å². The second-order valence-corrected chi connectivity index (χ2v) is 7.96. The molecule has 1 atom stereocenters. The second kappa shape index (κ2) is 8.53. The minimum atomic E-state index is -0.148. The van der Waals surface area contributed by atoms with E-state index in [0.717, 1.165) is 23.4 Å². The smallest absolute Gasteiger partial charge is 0.255 e. The van der Waals surface area contributed by atoms with E-state index < -0.39 is 0 Å². The highest BCUT2D eigenvalue weighted by Gasteiger charge is 2.34. The molecule has 0 aromatic heterocycles. The van der Waals surface area contributed by atoms with Crippen molar-refractivity contribution < 1.29 is 9.59 Å². The van der Waals surface area contributed by atoms with Crippen molar-refractivity contribution >= 4 is 35.0 Å². The van der Waals surface area contributed by atoms with Gasteiger partial charge in [0.1, 0.15) is 5.37 Å². The molecule has 4 rings (SSSR count). The van der Waals surface area contributed by atoms with Crippen LogP contribution in [0.5, 0.6) is 0 Å². The molecule has 2 amide bonds. The maximum absolute atomic E-state index is 12.6. The lowest BCUT2D eigenvalue weighted by Crippen LogP contribution is -2.27. The maximum Gasteiger partial charge on any atom is 0.255 e. The van der Waals surface area contributed by atoms with Crippen molar-refractivity contribution in [3.63, 3.8) is 0 Å². The van der Waals surface area contributed by atoms with Crippen LogP contribution in [0.2, 0.25) is 0 Å². The van der Waals surface area contributed by atoms with Crippen LogP contribution in [0.25, 0.3) is 0 Å². The summed E-state index contributed by atoms with van der Waals surface area (Å²) in [4.78, 5) is 26.9. The van der Waals surface area contributed by atoms with Crippen LogP contribution in [-0.4, -0.2) is 17.6 Å². The van der Waals surface area contributed by atoms with E-state index in [1.165, 1.54) is 5.56 Å². The van der Waals surface area contributed by atoms with Crippen molar-refractivity contribution in [3.05, 3.63) is 95.6 Å². The average molecular weight is 403 g/mol. The first kappa shape index (κ1) is 19.3. The summed E-state index contributed by atoms with van der Waals surface area (Å²) in [6, 6.07) is 25.0. The summed E-state index contributed by atoms with van der Waals surface area (Å²) in [6.45, 7) is 2.11. The van der Waals surface area contributed by atoms with Crippen LogP contribution in [0.3, 0.4) is 0 Å². The van der Waals surface area contributed by atoms with Crippen molar-refractivity contribution in [1.29, 1.82) is 0 Å². The number of hydrogen-bond donors (Lipinski definition) is 1. The molecule has 3 aromatic carbocycles. The number of carbonyl (C=O) groups is 2. The zero-order valence-electron chi connectivity index (χ0n) is 16.2. The van der Waals surface area contributed by atoms with Gasteiger partial charge in [0.2, 0.25) is 5.91 Å². The van der Waals surface area contributed by atoms with Crippen molar-refractivity contribution in [2.24, 2.45) is 0 Å². The Morgan fingerprint density at radius 3 is 2.52 bits per heavy atom. The van der Waals surface area contributed by atoms with E-state index in [2.05, 4.69) is 24.4 Å². The zero-order chi connectivity index (χ0) is 20.2. The van der Waals surface area contributed by atoms with Gasteiger partial charge in [-0.15, -0.1) is 11.8 Å². The largest absolute Gasteiger partial charge is 0.322 e. The SMILES string of the molecule is CCc1ccc(N2C(=O)CSC2c2cccc(NC(=O)c3ccccc3)c2)cc1. The molecule has 1 N–H and O–H groups in total. The standard InChI is InChI=1S/C24H22N2O2S/c1-2-17-11-13-21(14-12-17)26-22(27)16-29-24(26)19-9-6-10-20(15-19)25-23(28)18-7-4-3-5-8-18/h3-15,24H,2,16H2,1H3,(H,25,28).